The van der Waals surface area contributed by atoms with Crippen LogP contribution in [0, 0.1) is 0 Å². The minimum atomic E-state index is -3.74. The Morgan fingerprint density at radius 2 is 1.55 bits per heavy atom. The van der Waals surface area contributed by atoms with Crippen LogP contribution in [0.5, 0.6) is 5.75 Å². The Labute approximate surface area is 174 Å². The van der Waals surface area contributed by atoms with Gasteiger partial charge in [0.25, 0.3) is 5.91 Å². The van der Waals surface area contributed by atoms with Crippen LogP contribution >= 0.6 is 11.6 Å². The van der Waals surface area contributed by atoms with Crippen molar-refractivity contribution in [3.63, 3.8) is 0 Å². The largest absolute Gasteiger partial charge is 0.488 e. The summed E-state index contributed by atoms with van der Waals surface area (Å²) in [4.78, 5) is 12.6. The van der Waals surface area contributed by atoms with Crippen molar-refractivity contribution in [2.45, 2.75) is 18.0 Å². The van der Waals surface area contributed by atoms with Gasteiger partial charge in [-0.15, -0.1) is 0 Å². The minimum Gasteiger partial charge on any atom is -0.488 e. The first kappa shape index (κ1) is 20.9. The minimum absolute atomic E-state index is 0.0218. The zero-order valence-electron chi connectivity index (χ0n) is 15.3. The van der Waals surface area contributed by atoms with E-state index in [-0.39, 0.29) is 17.3 Å². The number of sulfonamides is 1. The number of carbonyl (C=O) groups excluding carboxylic acids is 1. The highest BCUT2D eigenvalue weighted by atomic mass is 35.5. The van der Waals surface area contributed by atoms with Crippen LogP contribution in [0.15, 0.2) is 77.7 Å². The van der Waals surface area contributed by atoms with Crippen LogP contribution in [0.3, 0.4) is 0 Å². The van der Waals surface area contributed by atoms with Crippen molar-refractivity contribution in [3.05, 3.63) is 94.5 Å². The van der Waals surface area contributed by atoms with Crippen LogP contribution in [0.1, 0.15) is 21.5 Å². The predicted molar refractivity (Wildman–Crippen MR) is 111 cm³/mol. The van der Waals surface area contributed by atoms with E-state index in [1.807, 2.05) is 12.1 Å². The molecule has 3 rings (SSSR count). The van der Waals surface area contributed by atoms with E-state index < -0.39 is 10.0 Å². The van der Waals surface area contributed by atoms with Crippen molar-refractivity contribution >= 4 is 27.5 Å². The number of nitrogens with one attached hydrogen (secondary N) is 1. The molecule has 0 aliphatic rings. The highest BCUT2D eigenvalue weighted by molar-refractivity contribution is 7.89. The number of primary sulfonamides is 1. The Bertz CT molecular complexity index is 1100. The summed E-state index contributed by atoms with van der Waals surface area (Å²) in [6.07, 6.45) is 0. The van der Waals surface area contributed by atoms with Crippen LogP contribution in [-0.2, 0) is 23.2 Å². The Hall–Kier alpha value is -2.87. The topological polar surface area (TPSA) is 98.5 Å². The van der Waals surface area contributed by atoms with Gasteiger partial charge in [0.2, 0.25) is 10.0 Å². The van der Waals surface area contributed by atoms with Gasteiger partial charge in [-0.3, -0.25) is 4.79 Å². The summed E-state index contributed by atoms with van der Waals surface area (Å²) in [5.74, 6) is 0.164. The quantitative estimate of drug-likeness (QED) is 0.599. The van der Waals surface area contributed by atoms with Gasteiger partial charge in [0.15, 0.2) is 0 Å². The lowest BCUT2D eigenvalue weighted by molar-refractivity contribution is 0.0946. The lowest BCUT2D eigenvalue weighted by atomic mass is 10.1. The summed E-state index contributed by atoms with van der Waals surface area (Å²) in [6, 6.07) is 20.2. The van der Waals surface area contributed by atoms with E-state index in [2.05, 4.69) is 5.32 Å². The Balaban J connectivity index is 1.64. The molecule has 0 heterocycles. The second kappa shape index (κ2) is 9.09. The van der Waals surface area contributed by atoms with Crippen molar-refractivity contribution in [1.29, 1.82) is 0 Å². The van der Waals surface area contributed by atoms with E-state index >= 15 is 0 Å². The molecule has 0 spiro atoms. The van der Waals surface area contributed by atoms with Crippen molar-refractivity contribution in [2.24, 2.45) is 5.14 Å². The zero-order chi connectivity index (χ0) is 20.9. The monoisotopic (exact) mass is 430 g/mol. The number of amides is 1. The van der Waals surface area contributed by atoms with Crippen molar-refractivity contribution in [3.8, 4) is 5.75 Å². The SMILES string of the molecule is NS(=O)(=O)c1ccc(CNC(=O)c2ccccc2OCc2ccc(Cl)cc2)cc1. The Morgan fingerprint density at radius 1 is 0.931 bits per heavy atom. The summed E-state index contributed by atoms with van der Waals surface area (Å²) < 4.78 is 28.4. The Kier molecular flexibility index (Phi) is 6.53. The van der Waals surface area contributed by atoms with Gasteiger partial charge in [0.05, 0.1) is 10.5 Å². The maximum absolute atomic E-state index is 12.6. The molecule has 29 heavy (non-hydrogen) atoms. The maximum atomic E-state index is 12.6. The van der Waals surface area contributed by atoms with Gasteiger partial charge in [-0.2, -0.15) is 0 Å². The van der Waals surface area contributed by atoms with Crippen LogP contribution in [0.2, 0.25) is 5.02 Å². The molecule has 8 heteroatoms. The van der Waals surface area contributed by atoms with E-state index in [9.17, 15) is 13.2 Å². The van der Waals surface area contributed by atoms with Gasteiger partial charge >= 0.3 is 0 Å². The maximum Gasteiger partial charge on any atom is 0.255 e. The highest BCUT2D eigenvalue weighted by Gasteiger charge is 2.13. The van der Waals surface area contributed by atoms with E-state index in [0.717, 1.165) is 11.1 Å². The normalized spacial score (nSPS) is 11.1. The molecule has 0 saturated carbocycles. The van der Waals surface area contributed by atoms with Gasteiger partial charge in [-0.25, -0.2) is 13.6 Å². The molecular weight excluding hydrogens is 412 g/mol. The molecule has 0 radical (unpaired) electrons. The fourth-order valence-electron chi connectivity index (χ4n) is 2.60. The number of para-hydroxylation sites is 1. The number of rotatable bonds is 7. The molecule has 3 aromatic rings. The first-order valence-electron chi connectivity index (χ1n) is 8.69. The summed E-state index contributed by atoms with van der Waals surface area (Å²) in [5, 5.41) is 8.53. The van der Waals surface area contributed by atoms with E-state index in [0.29, 0.717) is 22.9 Å². The van der Waals surface area contributed by atoms with Gasteiger partial charge in [-0.1, -0.05) is 48.0 Å². The molecular formula is C21H19ClN2O4S. The molecule has 150 valence electrons. The summed E-state index contributed by atoms with van der Waals surface area (Å²) in [6.45, 7) is 0.533. The summed E-state index contributed by atoms with van der Waals surface area (Å²) >= 11 is 5.88. The molecule has 0 atom stereocenters. The average molecular weight is 431 g/mol. The molecule has 6 nitrogen and oxygen atoms in total. The van der Waals surface area contributed by atoms with Crippen LogP contribution in [0.25, 0.3) is 0 Å². The third kappa shape index (κ3) is 5.80. The molecule has 0 bridgehead atoms. The van der Waals surface area contributed by atoms with Gasteiger partial charge in [0, 0.05) is 11.6 Å². The predicted octanol–water partition coefficient (Wildman–Crippen LogP) is 3.50. The van der Waals surface area contributed by atoms with Crippen molar-refractivity contribution < 1.29 is 17.9 Å². The van der Waals surface area contributed by atoms with Crippen LogP contribution in [0.4, 0.5) is 0 Å². The average Bonchev–Trinajstić information content (AvgIpc) is 2.71. The van der Waals surface area contributed by atoms with Gasteiger partial charge in [0.1, 0.15) is 12.4 Å². The fraction of sp³-hybridized carbons (Fsp3) is 0.0952. The smallest absolute Gasteiger partial charge is 0.255 e. The third-order valence-corrected chi connectivity index (χ3v) is 5.33. The summed E-state index contributed by atoms with van der Waals surface area (Å²) in [5.41, 5.74) is 2.08. The molecule has 3 N–H and O–H groups in total. The fourth-order valence-corrected chi connectivity index (χ4v) is 3.24. The lowest BCUT2D eigenvalue weighted by Crippen LogP contribution is -2.23. The van der Waals surface area contributed by atoms with E-state index in [4.69, 9.17) is 21.5 Å². The number of ether oxygens (including phenoxy) is 1. The molecule has 3 aromatic carbocycles. The molecule has 0 fully saturated rings. The van der Waals surface area contributed by atoms with Crippen LogP contribution in [-0.4, -0.2) is 14.3 Å². The number of halogens is 1. The van der Waals surface area contributed by atoms with E-state index in [1.165, 1.54) is 12.1 Å². The molecule has 0 aromatic heterocycles. The number of hydrogen-bond donors (Lipinski definition) is 2. The second-order valence-electron chi connectivity index (χ2n) is 6.28. The lowest BCUT2D eigenvalue weighted by Gasteiger charge is -2.12. The van der Waals surface area contributed by atoms with Gasteiger partial charge in [-0.05, 0) is 47.5 Å². The first-order chi connectivity index (χ1) is 13.8. The second-order valence-corrected chi connectivity index (χ2v) is 8.28. The van der Waals surface area contributed by atoms with E-state index in [1.54, 1.807) is 48.5 Å². The standard InChI is InChI=1S/C21H19ClN2O4S/c22-17-9-5-16(6-10-17)14-28-20-4-2-1-3-19(20)21(25)24-13-15-7-11-18(12-8-15)29(23,26)27/h1-12H,13-14H2,(H,24,25)(H2,23,26,27). The zero-order valence-corrected chi connectivity index (χ0v) is 16.9. The van der Waals surface area contributed by atoms with Crippen LogP contribution < -0.4 is 15.2 Å². The molecule has 0 aliphatic heterocycles. The number of hydrogen-bond acceptors (Lipinski definition) is 4. The molecule has 0 saturated heterocycles. The number of benzene rings is 3. The Morgan fingerprint density at radius 3 is 2.21 bits per heavy atom. The molecule has 0 unspecified atom stereocenters. The van der Waals surface area contributed by atoms with Crippen molar-refractivity contribution in [2.75, 3.05) is 0 Å². The highest BCUT2D eigenvalue weighted by Crippen LogP contribution is 2.20. The van der Waals surface area contributed by atoms with Crippen molar-refractivity contribution in [1.82, 2.24) is 5.32 Å². The molecule has 0 aliphatic carbocycles. The first-order valence-corrected chi connectivity index (χ1v) is 10.6. The third-order valence-electron chi connectivity index (χ3n) is 4.14. The van der Waals surface area contributed by atoms with Gasteiger partial charge < -0.3 is 10.1 Å². The number of carbonyl (C=O) groups is 1. The molecule has 1 amide bonds. The summed E-state index contributed by atoms with van der Waals surface area (Å²) in [7, 11) is -3.74. The number of nitrogens with two attached hydrogens (primary N) is 1.